The van der Waals surface area contributed by atoms with Crippen LogP contribution in [-0.4, -0.2) is 62.5 Å². The molecule has 2 saturated heterocycles. The number of carbonyl (C=O) groups is 1. The third-order valence-corrected chi connectivity index (χ3v) is 11.2. The van der Waals surface area contributed by atoms with Gasteiger partial charge < -0.3 is 24.8 Å². The van der Waals surface area contributed by atoms with Crippen LogP contribution in [0.3, 0.4) is 0 Å². The summed E-state index contributed by atoms with van der Waals surface area (Å²) in [7, 11) is -1.61. The largest absolute Gasteiger partial charge is 0.395 e. The minimum Gasteiger partial charge on any atom is -0.395 e. The molecule has 7 rings (SSSR count). The maximum atomic E-state index is 13.8. The maximum Gasteiger partial charge on any atom is 0.255 e. The molecule has 2 aliphatic carbocycles. The maximum absolute atomic E-state index is 13.8. The second-order valence-electron chi connectivity index (χ2n) is 12.8. The summed E-state index contributed by atoms with van der Waals surface area (Å²) in [6.45, 7) is 3.35. The van der Waals surface area contributed by atoms with Crippen LogP contribution in [0.2, 0.25) is 0 Å². The fourth-order valence-corrected chi connectivity index (χ4v) is 7.75. The molecule has 4 fully saturated rings. The summed E-state index contributed by atoms with van der Waals surface area (Å²) < 4.78 is 29.4. The van der Waals surface area contributed by atoms with Crippen molar-refractivity contribution in [3.63, 3.8) is 0 Å². The highest BCUT2D eigenvalue weighted by Gasteiger charge is 2.48. The Morgan fingerprint density at radius 2 is 1.61 bits per heavy atom. The van der Waals surface area contributed by atoms with Gasteiger partial charge in [0.05, 0.1) is 40.6 Å². The molecule has 3 N–H and O–H groups in total. The fraction of sp³-hybridized carbons (Fsp3) is 0.516. The van der Waals surface area contributed by atoms with E-state index in [1.807, 2.05) is 12.1 Å². The van der Waals surface area contributed by atoms with Crippen molar-refractivity contribution in [2.75, 3.05) is 58.4 Å². The van der Waals surface area contributed by atoms with Gasteiger partial charge in [0.1, 0.15) is 0 Å². The molecule has 0 unspecified atom stereocenters. The van der Waals surface area contributed by atoms with Crippen LogP contribution < -0.4 is 19.8 Å². The molecule has 9 nitrogen and oxygen atoms in total. The number of benzene rings is 2. The molecule has 1 aromatic heterocycles. The summed E-state index contributed by atoms with van der Waals surface area (Å²) in [5, 5.41) is 13.4. The number of aromatic nitrogens is 1. The molecule has 3 aromatic rings. The molecule has 218 valence electrons. The minimum absolute atomic E-state index is 0.178. The molecule has 41 heavy (non-hydrogen) atoms. The van der Waals surface area contributed by atoms with Crippen molar-refractivity contribution in [2.24, 2.45) is 17.9 Å². The number of anilines is 4. The van der Waals surface area contributed by atoms with Gasteiger partial charge in [-0.15, -0.1) is 0 Å². The number of aryl methyl sites for hydroxylation is 1. The van der Waals surface area contributed by atoms with Gasteiger partial charge in [-0.1, -0.05) is 0 Å². The van der Waals surface area contributed by atoms with Gasteiger partial charge >= 0.3 is 0 Å². The van der Waals surface area contributed by atoms with Gasteiger partial charge in [-0.2, -0.15) is 0 Å². The van der Waals surface area contributed by atoms with Crippen LogP contribution in [0.5, 0.6) is 0 Å². The molecule has 0 bridgehead atoms. The van der Waals surface area contributed by atoms with Crippen LogP contribution >= 0.6 is 0 Å². The van der Waals surface area contributed by atoms with E-state index >= 15 is 0 Å². The van der Waals surface area contributed by atoms with E-state index in [4.69, 9.17) is 5.11 Å². The molecule has 0 radical (unpaired) electrons. The van der Waals surface area contributed by atoms with Crippen molar-refractivity contribution in [3.8, 4) is 0 Å². The van der Waals surface area contributed by atoms with Gasteiger partial charge in [0, 0.05) is 50.4 Å². The van der Waals surface area contributed by atoms with Gasteiger partial charge in [-0.05, 0) is 92.2 Å². The molecule has 2 aromatic carbocycles. The van der Waals surface area contributed by atoms with Gasteiger partial charge in [-0.25, -0.2) is 8.42 Å². The molecule has 3 heterocycles. The van der Waals surface area contributed by atoms with Crippen molar-refractivity contribution in [2.45, 2.75) is 44.9 Å². The summed E-state index contributed by atoms with van der Waals surface area (Å²) in [5.74, 6) is -0.543. The number of piperidine rings is 1. The minimum atomic E-state index is -3.67. The number of nitrogens with one attached hydrogen (secondary N) is 2. The molecule has 1 amide bonds. The summed E-state index contributed by atoms with van der Waals surface area (Å²) >= 11 is 0. The van der Waals surface area contributed by atoms with Crippen molar-refractivity contribution >= 4 is 49.6 Å². The smallest absolute Gasteiger partial charge is 0.255 e. The molecular weight excluding hydrogens is 538 g/mol. The molecule has 2 spiro atoms. The van der Waals surface area contributed by atoms with Crippen molar-refractivity contribution in [1.82, 2.24) is 4.57 Å². The number of carbonyl (C=O) groups excluding carboxylic acids is 1. The van der Waals surface area contributed by atoms with Crippen molar-refractivity contribution < 1.29 is 18.3 Å². The lowest BCUT2D eigenvalue weighted by Gasteiger charge is -2.35. The predicted molar refractivity (Wildman–Crippen MR) is 163 cm³/mol. The highest BCUT2D eigenvalue weighted by molar-refractivity contribution is 7.92. The van der Waals surface area contributed by atoms with Crippen LogP contribution in [0.15, 0.2) is 42.6 Å². The third kappa shape index (κ3) is 5.16. The van der Waals surface area contributed by atoms with E-state index in [1.165, 1.54) is 32.1 Å². The number of sulfonamides is 1. The second-order valence-corrected chi connectivity index (χ2v) is 14.7. The first-order chi connectivity index (χ1) is 19.7. The lowest BCUT2D eigenvalue weighted by Crippen LogP contribution is -2.35. The molecule has 2 saturated carbocycles. The number of aliphatic hydroxyl groups is 1. The normalized spacial score (nSPS) is 20.6. The van der Waals surface area contributed by atoms with Crippen molar-refractivity contribution in [1.29, 1.82) is 0 Å². The Hall–Kier alpha value is -3.24. The Labute approximate surface area is 241 Å². The SMILES string of the molecule is Cn1ccc2cc(C(=O)Nc3ccc(NS(=O)(=O)CCO)cc3N3CCC4(CC3)CC4)cc(N3CCC4(CC4)C3)c21. The lowest BCUT2D eigenvalue weighted by atomic mass is 9.93. The van der Waals surface area contributed by atoms with Gasteiger partial charge in [0.25, 0.3) is 5.91 Å². The zero-order valence-corrected chi connectivity index (χ0v) is 24.5. The Kier molecular flexibility index (Phi) is 6.28. The zero-order valence-electron chi connectivity index (χ0n) is 23.7. The highest BCUT2D eigenvalue weighted by atomic mass is 32.2. The van der Waals surface area contributed by atoms with E-state index in [0.29, 0.717) is 27.8 Å². The van der Waals surface area contributed by atoms with Crippen LogP contribution in [0.25, 0.3) is 10.9 Å². The Balaban J connectivity index is 1.19. The number of fused-ring (bicyclic) bond motifs is 1. The quantitative estimate of drug-likeness (QED) is 0.363. The van der Waals surface area contributed by atoms with E-state index in [0.717, 1.165) is 61.3 Å². The van der Waals surface area contributed by atoms with Crippen LogP contribution in [0, 0.1) is 10.8 Å². The predicted octanol–water partition coefficient (Wildman–Crippen LogP) is 4.54. The molecule has 10 heteroatoms. The monoisotopic (exact) mass is 577 g/mol. The second kappa shape index (κ2) is 9.66. The summed E-state index contributed by atoms with van der Waals surface area (Å²) in [6, 6.07) is 11.3. The topological polar surface area (TPSA) is 107 Å². The highest BCUT2D eigenvalue weighted by Crippen LogP contribution is 2.55. The van der Waals surface area contributed by atoms with E-state index < -0.39 is 16.6 Å². The lowest BCUT2D eigenvalue weighted by molar-refractivity contribution is 0.102. The van der Waals surface area contributed by atoms with Crippen LogP contribution in [-0.2, 0) is 17.1 Å². The van der Waals surface area contributed by atoms with Gasteiger partial charge in [0.15, 0.2) is 0 Å². The van der Waals surface area contributed by atoms with Gasteiger partial charge in [0.2, 0.25) is 10.0 Å². The molecule has 0 atom stereocenters. The number of hydrogen-bond acceptors (Lipinski definition) is 6. The number of aliphatic hydroxyl groups excluding tert-OH is 1. The standard InChI is InChI=1S/C31H39N5O4S/c1-34-12-4-22-18-23(19-27(28(22)34)36-15-11-31(21-36)7-8-31)29(38)32-25-3-2-24(33-41(39,40)17-16-37)20-26(25)35-13-9-30(5-6-30)10-14-35/h2-4,12,18-20,33,37H,5-11,13-17,21H2,1H3,(H,32,38). The zero-order chi connectivity index (χ0) is 28.4. The first kappa shape index (κ1) is 26.6. The summed E-state index contributed by atoms with van der Waals surface area (Å²) in [5.41, 5.74) is 5.74. The molecular formula is C31H39N5O4S. The molecule has 4 aliphatic rings. The van der Waals surface area contributed by atoms with E-state index in [1.54, 1.807) is 18.2 Å². The summed E-state index contributed by atoms with van der Waals surface area (Å²) in [4.78, 5) is 18.5. The first-order valence-electron chi connectivity index (χ1n) is 14.8. The summed E-state index contributed by atoms with van der Waals surface area (Å²) in [6.07, 6.45) is 10.6. The Morgan fingerprint density at radius 1 is 0.902 bits per heavy atom. The number of rotatable bonds is 8. The van der Waals surface area contributed by atoms with Gasteiger partial charge in [-0.3, -0.25) is 9.52 Å². The number of amides is 1. The fourth-order valence-electron chi connectivity index (χ4n) is 6.92. The van der Waals surface area contributed by atoms with Crippen molar-refractivity contribution in [3.05, 3.63) is 48.2 Å². The Bertz CT molecular complexity index is 1610. The first-order valence-corrected chi connectivity index (χ1v) is 16.5. The molecule has 2 aliphatic heterocycles. The average Bonchev–Trinajstić information content (AvgIpc) is 3.80. The number of hydrogen-bond donors (Lipinski definition) is 3. The third-order valence-electron chi connectivity index (χ3n) is 9.95. The van der Waals surface area contributed by atoms with Crippen LogP contribution in [0.1, 0.15) is 55.3 Å². The number of nitrogens with zero attached hydrogens (tertiary/aromatic N) is 3. The van der Waals surface area contributed by atoms with E-state index in [-0.39, 0.29) is 11.7 Å². The van der Waals surface area contributed by atoms with Crippen LogP contribution in [0.4, 0.5) is 22.7 Å². The van der Waals surface area contributed by atoms with E-state index in [9.17, 15) is 13.2 Å². The average molecular weight is 578 g/mol. The van der Waals surface area contributed by atoms with E-state index in [2.05, 4.69) is 43.7 Å². The Morgan fingerprint density at radius 3 is 2.29 bits per heavy atom.